The molecule has 3 rings (SSSR count). The predicted octanol–water partition coefficient (Wildman–Crippen LogP) is 4.23. The molecule has 1 atom stereocenters. The molecular formula is C24H26N2O4. The molecule has 3 aromatic rings. The van der Waals surface area contributed by atoms with Crippen LogP contribution in [-0.4, -0.2) is 34.6 Å². The molecule has 0 amide bonds. The van der Waals surface area contributed by atoms with E-state index in [1.54, 1.807) is 14.0 Å². The van der Waals surface area contributed by atoms with Gasteiger partial charge in [0.25, 0.3) is 0 Å². The number of aromatic nitrogens is 2. The Morgan fingerprint density at radius 2 is 2.03 bits per heavy atom. The van der Waals surface area contributed by atoms with Crippen molar-refractivity contribution in [2.24, 2.45) is 0 Å². The molecule has 1 aromatic heterocycles. The lowest BCUT2D eigenvalue weighted by molar-refractivity contribution is -0.137. The SMILES string of the molecule is CC#C[C@@H](CC(=O)O)c1ccc(OCc2ccc3c(cnn3CCCOC)c2)cc1. The van der Waals surface area contributed by atoms with Crippen LogP contribution in [0.4, 0.5) is 0 Å². The molecule has 6 heteroatoms. The molecule has 0 spiro atoms. The summed E-state index contributed by atoms with van der Waals surface area (Å²) >= 11 is 0. The fraction of sp³-hybridized carbons (Fsp3) is 0.333. The number of aliphatic carboxylic acids is 1. The molecule has 30 heavy (non-hydrogen) atoms. The second-order valence-corrected chi connectivity index (χ2v) is 7.01. The zero-order valence-corrected chi connectivity index (χ0v) is 17.3. The van der Waals surface area contributed by atoms with Crippen molar-refractivity contribution in [2.75, 3.05) is 13.7 Å². The molecule has 6 nitrogen and oxygen atoms in total. The van der Waals surface area contributed by atoms with Crippen molar-refractivity contribution in [3.63, 3.8) is 0 Å². The summed E-state index contributed by atoms with van der Waals surface area (Å²) < 4.78 is 13.0. The van der Waals surface area contributed by atoms with Gasteiger partial charge in [-0.25, -0.2) is 0 Å². The number of hydrogen-bond donors (Lipinski definition) is 1. The van der Waals surface area contributed by atoms with Crippen molar-refractivity contribution in [2.45, 2.75) is 38.8 Å². The van der Waals surface area contributed by atoms with E-state index in [9.17, 15) is 4.79 Å². The number of carboxylic acid groups (broad SMARTS) is 1. The molecule has 0 unspecified atom stereocenters. The van der Waals surface area contributed by atoms with Crippen molar-refractivity contribution in [1.82, 2.24) is 9.78 Å². The molecule has 2 aromatic carbocycles. The van der Waals surface area contributed by atoms with E-state index in [4.69, 9.17) is 14.6 Å². The highest BCUT2D eigenvalue weighted by Crippen LogP contribution is 2.23. The highest BCUT2D eigenvalue weighted by Gasteiger charge is 2.13. The summed E-state index contributed by atoms with van der Waals surface area (Å²) in [6.07, 6.45) is 2.78. The van der Waals surface area contributed by atoms with Crippen LogP contribution in [0, 0.1) is 11.8 Å². The van der Waals surface area contributed by atoms with Gasteiger partial charge >= 0.3 is 5.97 Å². The Balaban J connectivity index is 1.62. The standard InChI is InChI=1S/C24H26N2O4/c1-3-5-20(15-24(27)28)19-7-9-22(10-8-19)30-17-18-6-11-23-21(14-18)16-25-26(23)12-4-13-29-2/h6-11,14,16,20H,4,12-13,15,17H2,1-2H3,(H,27,28)/t20-/m0/s1. The first-order valence-electron chi connectivity index (χ1n) is 9.91. The zero-order chi connectivity index (χ0) is 21.3. The molecular weight excluding hydrogens is 380 g/mol. The maximum atomic E-state index is 11.0. The van der Waals surface area contributed by atoms with Crippen LogP contribution in [0.25, 0.3) is 10.9 Å². The number of carbonyl (C=O) groups is 1. The molecule has 0 radical (unpaired) electrons. The minimum absolute atomic E-state index is 0.0137. The molecule has 0 aliphatic carbocycles. The van der Waals surface area contributed by atoms with Gasteiger partial charge in [-0.2, -0.15) is 5.10 Å². The fourth-order valence-electron chi connectivity index (χ4n) is 3.33. The predicted molar refractivity (Wildman–Crippen MR) is 115 cm³/mol. The lowest BCUT2D eigenvalue weighted by atomic mass is 9.96. The van der Waals surface area contributed by atoms with Gasteiger partial charge in [-0.1, -0.05) is 24.1 Å². The molecule has 1 heterocycles. The van der Waals surface area contributed by atoms with Crippen molar-refractivity contribution in [1.29, 1.82) is 0 Å². The maximum absolute atomic E-state index is 11.0. The van der Waals surface area contributed by atoms with Crippen molar-refractivity contribution in [3.8, 4) is 17.6 Å². The van der Waals surface area contributed by atoms with Crippen molar-refractivity contribution < 1.29 is 19.4 Å². The van der Waals surface area contributed by atoms with E-state index in [0.717, 1.165) is 40.7 Å². The highest BCUT2D eigenvalue weighted by molar-refractivity contribution is 5.79. The van der Waals surface area contributed by atoms with E-state index < -0.39 is 5.97 Å². The Bertz CT molecular complexity index is 1040. The van der Waals surface area contributed by atoms with E-state index in [-0.39, 0.29) is 12.3 Å². The lowest BCUT2D eigenvalue weighted by Gasteiger charge is -2.11. The first kappa shape index (κ1) is 21.4. The second-order valence-electron chi connectivity index (χ2n) is 7.01. The number of aryl methyl sites for hydroxylation is 1. The number of carboxylic acids is 1. The van der Waals surface area contributed by atoms with Gasteiger partial charge in [-0.05, 0) is 48.7 Å². The summed E-state index contributed by atoms with van der Waals surface area (Å²) in [5.41, 5.74) is 3.03. The molecule has 0 aliphatic heterocycles. The fourth-order valence-corrected chi connectivity index (χ4v) is 3.33. The minimum Gasteiger partial charge on any atom is -0.489 e. The van der Waals surface area contributed by atoms with Crippen LogP contribution < -0.4 is 4.74 Å². The topological polar surface area (TPSA) is 73.6 Å². The third-order valence-corrected chi connectivity index (χ3v) is 4.81. The molecule has 1 N–H and O–H groups in total. The van der Waals surface area contributed by atoms with Gasteiger partial charge in [0.15, 0.2) is 0 Å². The van der Waals surface area contributed by atoms with Crippen LogP contribution in [0.3, 0.4) is 0 Å². The smallest absolute Gasteiger partial charge is 0.304 e. The molecule has 0 saturated heterocycles. The molecule has 0 aliphatic rings. The number of nitrogens with zero attached hydrogens (tertiary/aromatic N) is 2. The Labute approximate surface area is 176 Å². The summed E-state index contributed by atoms with van der Waals surface area (Å²) in [6.45, 7) is 3.70. The van der Waals surface area contributed by atoms with E-state index >= 15 is 0 Å². The van der Waals surface area contributed by atoms with Gasteiger partial charge in [0.05, 0.1) is 24.1 Å². The van der Waals surface area contributed by atoms with Crippen LogP contribution in [0.15, 0.2) is 48.7 Å². The Kier molecular flexibility index (Phi) is 7.47. The largest absolute Gasteiger partial charge is 0.489 e. The van der Waals surface area contributed by atoms with Crippen LogP contribution >= 0.6 is 0 Å². The van der Waals surface area contributed by atoms with Crippen LogP contribution in [-0.2, 0) is 22.7 Å². The van der Waals surface area contributed by atoms with E-state index in [1.165, 1.54) is 0 Å². The zero-order valence-electron chi connectivity index (χ0n) is 17.3. The lowest BCUT2D eigenvalue weighted by Crippen LogP contribution is -2.04. The monoisotopic (exact) mass is 406 g/mol. The van der Waals surface area contributed by atoms with Crippen LogP contribution in [0.5, 0.6) is 5.75 Å². The average Bonchev–Trinajstić information content (AvgIpc) is 3.14. The minimum atomic E-state index is -0.861. The quantitative estimate of drug-likeness (QED) is 0.403. The Morgan fingerprint density at radius 1 is 1.23 bits per heavy atom. The van der Waals surface area contributed by atoms with Crippen molar-refractivity contribution >= 4 is 16.9 Å². The number of rotatable bonds is 10. The van der Waals surface area contributed by atoms with Gasteiger partial charge in [-0.15, -0.1) is 5.92 Å². The number of fused-ring (bicyclic) bond motifs is 1. The summed E-state index contributed by atoms with van der Waals surface area (Å²) in [6, 6.07) is 13.7. The van der Waals surface area contributed by atoms with Gasteiger partial charge in [0, 0.05) is 25.6 Å². The number of methoxy groups -OCH3 is 1. The molecule has 156 valence electrons. The number of ether oxygens (including phenoxy) is 2. The van der Waals surface area contributed by atoms with E-state index in [1.807, 2.05) is 41.2 Å². The normalized spacial score (nSPS) is 11.7. The van der Waals surface area contributed by atoms with Gasteiger partial charge < -0.3 is 14.6 Å². The third kappa shape index (κ3) is 5.62. The number of benzene rings is 2. The van der Waals surface area contributed by atoms with Gasteiger partial charge in [-0.3, -0.25) is 9.48 Å². The van der Waals surface area contributed by atoms with Crippen LogP contribution in [0.1, 0.15) is 36.8 Å². The van der Waals surface area contributed by atoms with E-state index in [0.29, 0.717) is 13.2 Å². The van der Waals surface area contributed by atoms with E-state index in [2.05, 4.69) is 29.1 Å². The molecule has 0 fully saturated rings. The Hall–Kier alpha value is -3.30. The van der Waals surface area contributed by atoms with Gasteiger partial charge in [0.1, 0.15) is 12.4 Å². The Morgan fingerprint density at radius 3 is 2.73 bits per heavy atom. The van der Waals surface area contributed by atoms with Crippen LogP contribution in [0.2, 0.25) is 0 Å². The maximum Gasteiger partial charge on any atom is 0.304 e. The first-order chi connectivity index (χ1) is 14.6. The molecule has 0 bridgehead atoms. The highest BCUT2D eigenvalue weighted by atomic mass is 16.5. The summed E-state index contributed by atoms with van der Waals surface area (Å²) in [7, 11) is 1.70. The first-order valence-corrected chi connectivity index (χ1v) is 9.91. The molecule has 0 saturated carbocycles. The average molecular weight is 406 g/mol. The number of hydrogen-bond acceptors (Lipinski definition) is 4. The third-order valence-electron chi connectivity index (χ3n) is 4.81. The van der Waals surface area contributed by atoms with Gasteiger partial charge in [0.2, 0.25) is 0 Å². The summed E-state index contributed by atoms with van der Waals surface area (Å²) in [5, 5.41) is 14.6. The second kappa shape index (κ2) is 10.5. The summed E-state index contributed by atoms with van der Waals surface area (Å²) in [5.74, 6) is 5.31. The summed E-state index contributed by atoms with van der Waals surface area (Å²) in [4.78, 5) is 11.0. The van der Waals surface area contributed by atoms with Crippen molar-refractivity contribution in [3.05, 3.63) is 59.8 Å².